The maximum absolute atomic E-state index is 3.00. The lowest BCUT2D eigenvalue weighted by Crippen LogP contribution is -0.552. The van der Waals surface area contributed by atoms with Crippen LogP contribution in [0, 0.1) is 0 Å². The van der Waals surface area contributed by atoms with E-state index in [9.17, 15) is 0 Å². The molecule has 0 spiro atoms. The Kier molecular flexibility index (Phi) is 43800. The van der Waals surface area contributed by atoms with E-state index in [0.717, 1.165) is 0 Å². The average molecular weight is 79.2 g/mol. The molecule has 4 heavy (non-hydrogen) atoms. The highest BCUT2D eigenvalue weighted by atomic mass is 32.1. The van der Waals surface area contributed by atoms with Crippen LogP contribution < -0.4 is 6.15 Å². The Morgan fingerprint density at radius 1 is 1.00 bits per heavy atom. The van der Waals surface area contributed by atoms with Crippen molar-refractivity contribution in [2.75, 3.05) is 0 Å². The van der Waals surface area contributed by atoms with E-state index in [0.29, 0.717) is 0 Å². The van der Waals surface area contributed by atoms with Crippen molar-refractivity contribution in [1.82, 2.24) is 6.15 Å². The lowest BCUT2D eigenvalue weighted by Gasteiger charge is -0.813. The van der Waals surface area contributed by atoms with Crippen LogP contribution in [0.2, 0.25) is 0 Å². The molecule has 0 fully saturated rings. The summed E-state index contributed by atoms with van der Waals surface area (Å²) in [5.41, 5.74) is 0. The predicted octanol–water partition coefficient (Wildman–Crippen LogP) is 1.08. The summed E-state index contributed by atoms with van der Waals surface area (Å²) in [7, 11) is 0. The van der Waals surface area contributed by atoms with Gasteiger partial charge in [-0.25, -0.2) is 0 Å². The molecule has 0 radical (unpaired) electrons. The second-order valence-electron chi connectivity index (χ2n) is 0. The van der Waals surface area contributed by atoms with E-state index in [1.807, 2.05) is 0 Å². The average Bonchev–Trinajstić information content (AvgIpc) is 1.00. The van der Waals surface area contributed by atoms with E-state index in [-0.39, 0.29) is 19.6 Å². The van der Waals surface area contributed by atoms with Crippen molar-refractivity contribution >= 4 is 13.5 Å². The molecule has 3 N–H and O–H groups in total. The zero-order chi connectivity index (χ0) is 2.00. The first-order valence-electron chi connectivity index (χ1n) is 0.500. The molecule has 0 amide bonds. The van der Waals surface area contributed by atoms with Gasteiger partial charge in [0.25, 0.3) is 0 Å². The van der Waals surface area contributed by atoms with Gasteiger partial charge in [0.1, 0.15) is 0 Å². The summed E-state index contributed by atoms with van der Waals surface area (Å²) in [4.78, 5) is 0. The van der Waals surface area contributed by atoms with E-state index in [1.54, 1.807) is 0 Å². The highest BCUT2D eigenvalue weighted by Gasteiger charge is 0.601. The van der Waals surface area contributed by atoms with Gasteiger partial charge in [0, 0.05) is 0 Å². The zero-order valence-electron chi connectivity index (χ0n) is 2.62. The number of hydrogen-bond acceptors (Lipinski definition) is 1. The van der Waals surface area contributed by atoms with Gasteiger partial charge in [-0.15, -0.1) is 13.2 Å². The summed E-state index contributed by atoms with van der Waals surface area (Å²) in [5, 5.41) is 0. The number of rotatable bonds is 0. The lowest BCUT2D eigenvalue weighted by atomic mass is 11.3. The molecule has 0 aromatic rings. The fourth-order valence-corrected chi connectivity index (χ4v) is 0. The smallest absolute Gasteiger partial charge is 0.106 e. The highest BCUT2D eigenvalue weighted by Crippen LogP contribution is 0.862. The van der Waals surface area contributed by atoms with Crippen LogP contribution in [-0.4, -0.2) is 0 Å². The topological polar surface area (TPSA) is 35.0 Å². The molecule has 0 aliphatic carbocycles. The predicted molar refractivity (Wildman–Crippen MR) is 26.7 cm³/mol. The molecule has 0 unspecified atom stereocenters. The molecule has 0 atom stereocenters. The van der Waals surface area contributed by atoms with Gasteiger partial charge >= 0.3 is 0 Å². The van der Waals surface area contributed by atoms with Crippen molar-refractivity contribution in [3.63, 3.8) is 0 Å². The maximum atomic E-state index is 3.00. The van der Waals surface area contributed by atoms with Crippen LogP contribution in [0.15, 0.2) is 13.2 Å². The Morgan fingerprint density at radius 3 is 1.00 bits per heavy atom. The van der Waals surface area contributed by atoms with E-state index >= 15 is 0 Å². The lowest BCUT2D eigenvalue weighted by molar-refractivity contribution is 2.13. The fraction of sp³-hybridized carbons (Fsp3) is 0. The van der Waals surface area contributed by atoms with Crippen LogP contribution in [0.1, 0.15) is 0 Å². The molecule has 0 saturated carbocycles. The first-order valence-corrected chi connectivity index (χ1v) is 0.500. The van der Waals surface area contributed by atoms with Crippen LogP contribution in [-0.2, 0) is 0 Å². The van der Waals surface area contributed by atoms with E-state index in [4.69, 9.17) is 0 Å². The fourth-order valence-electron chi connectivity index (χ4n) is 0. The maximum Gasteiger partial charge on any atom is -0.106 e. The van der Waals surface area contributed by atoms with Gasteiger partial charge in [-0.1, -0.05) is 0 Å². The summed E-state index contributed by atoms with van der Waals surface area (Å²) >= 11 is 0. The molecule has 0 heterocycles. The van der Waals surface area contributed by atoms with Crippen molar-refractivity contribution in [2.45, 2.75) is 0 Å². The van der Waals surface area contributed by atoms with Gasteiger partial charge in [-0.3, -0.25) is 0 Å². The minimum absolute atomic E-state index is 0. The van der Waals surface area contributed by atoms with Crippen molar-refractivity contribution in [3.05, 3.63) is 13.2 Å². The monoisotopic (exact) mass is 79.0 g/mol. The van der Waals surface area contributed by atoms with Crippen molar-refractivity contribution in [2.24, 2.45) is 0 Å². The van der Waals surface area contributed by atoms with Crippen LogP contribution >= 0.6 is 13.5 Å². The van der Waals surface area contributed by atoms with Crippen molar-refractivity contribution in [3.8, 4) is 0 Å². The zero-order valence-corrected chi connectivity index (χ0v) is 3.62. The van der Waals surface area contributed by atoms with Crippen LogP contribution in [0.3, 0.4) is 0 Å². The molecule has 0 aromatic carbocycles. The third-order valence-electron chi connectivity index (χ3n) is 0. The minimum Gasteiger partial charge on any atom is -0.344 e. The highest BCUT2D eigenvalue weighted by molar-refractivity contribution is 7.59. The molecule has 0 aromatic heterocycles. The van der Waals surface area contributed by atoms with Gasteiger partial charge in [0.05, 0.1) is 0 Å². The Morgan fingerprint density at radius 2 is 1.00 bits per heavy atom. The summed E-state index contributed by atoms with van der Waals surface area (Å²) in [5.74, 6) is 0. The van der Waals surface area contributed by atoms with E-state index < -0.39 is 0 Å². The first kappa shape index (κ1) is 34.2. The minimum atomic E-state index is 0. The molecule has 0 aliphatic heterocycles. The second-order valence-corrected chi connectivity index (χ2v) is 0. The second kappa shape index (κ2) is 5130. The largest absolute Gasteiger partial charge is 0.344 e. The molecule has 0 bridgehead atoms. The van der Waals surface area contributed by atoms with Crippen LogP contribution in [0.25, 0.3) is 0 Å². The van der Waals surface area contributed by atoms with Gasteiger partial charge < -0.3 is 6.15 Å². The third-order valence-corrected chi connectivity index (χ3v) is 0. The Balaban J connectivity index is -0.00000000500. The molecule has 28 valence electrons. The van der Waals surface area contributed by atoms with E-state index in [1.165, 1.54) is 0 Å². The molecular weight excluding hydrogens is 70.1 g/mol. The Hall–Kier alpha value is 0.0500. The standard InChI is InChI=1S/C2H4.H3N.H2S/c1-2;;/h1-2H2;1H3;1H2. The molecule has 1 nitrogen and oxygen atoms in total. The van der Waals surface area contributed by atoms with Crippen molar-refractivity contribution < 1.29 is 0 Å². The third kappa shape index (κ3) is 904. The van der Waals surface area contributed by atoms with Crippen molar-refractivity contribution in [1.29, 1.82) is 0 Å². The molecule has 2 heteroatoms. The first-order chi connectivity index (χ1) is 1.00. The van der Waals surface area contributed by atoms with Crippen LogP contribution in [0.5, 0.6) is 0 Å². The Bertz CT molecular complexity index is 6.00. The molecule has 0 aliphatic rings. The number of hydrogen-bond donors (Lipinski definition) is 1. The van der Waals surface area contributed by atoms with Gasteiger partial charge in [-0.2, -0.15) is 13.5 Å². The SMILES string of the molecule is C=C.N.S. The quantitative estimate of drug-likeness (QED) is 0.433. The summed E-state index contributed by atoms with van der Waals surface area (Å²) in [6.07, 6.45) is 0. The van der Waals surface area contributed by atoms with E-state index in [2.05, 4.69) is 13.2 Å². The van der Waals surface area contributed by atoms with Gasteiger partial charge in [0.15, 0.2) is 0 Å². The molecule has 0 saturated heterocycles. The molecular formula is C2H9NS. The summed E-state index contributed by atoms with van der Waals surface area (Å²) in [6.45, 7) is 6.00. The summed E-state index contributed by atoms with van der Waals surface area (Å²) < 4.78 is 0. The Labute approximate surface area is 33.7 Å². The van der Waals surface area contributed by atoms with Gasteiger partial charge in [0.2, 0.25) is 0 Å². The molecule has 0 rings (SSSR count). The summed E-state index contributed by atoms with van der Waals surface area (Å²) in [6, 6.07) is 0. The van der Waals surface area contributed by atoms with Gasteiger partial charge in [-0.05, 0) is 0 Å². The normalized spacial score (nSPS) is 1.00. The van der Waals surface area contributed by atoms with Crippen LogP contribution in [0.4, 0.5) is 0 Å².